The number of carbonyl (C=O) groups excluding carboxylic acids is 2. The van der Waals surface area contributed by atoms with Crippen LogP contribution in [0.15, 0.2) is 36.4 Å². The van der Waals surface area contributed by atoms with Crippen LogP contribution >= 0.6 is 0 Å². The maximum atomic E-state index is 13.7. The second-order valence-electron chi connectivity index (χ2n) is 11.1. The fourth-order valence-corrected chi connectivity index (χ4v) is 7.43. The molecule has 7 heteroatoms. The number of esters is 1. The molecule has 186 valence electrons. The number of hydrogen-bond acceptors (Lipinski definition) is 4. The lowest BCUT2D eigenvalue weighted by Gasteiger charge is -2.32. The predicted octanol–water partition coefficient (Wildman–Crippen LogP) is 5.50. The molecule has 5 heterocycles. The first-order valence-corrected chi connectivity index (χ1v) is 12.8. The lowest BCUT2D eigenvalue weighted by molar-refractivity contribution is -0.161. The van der Waals surface area contributed by atoms with Crippen LogP contribution in [0.25, 0.3) is 43.6 Å². The van der Waals surface area contributed by atoms with Crippen molar-refractivity contribution >= 4 is 55.5 Å². The summed E-state index contributed by atoms with van der Waals surface area (Å²) in [5, 5.41) is 4.22. The van der Waals surface area contributed by atoms with E-state index in [0.717, 1.165) is 65.9 Å². The molecule has 3 aliphatic heterocycles. The van der Waals surface area contributed by atoms with Gasteiger partial charge in [-0.3, -0.25) is 9.59 Å². The van der Waals surface area contributed by atoms with Crippen molar-refractivity contribution in [2.24, 2.45) is 5.92 Å². The normalized spacial score (nSPS) is 24.2. The quantitative estimate of drug-likeness (QED) is 0.289. The number of carbonyl (C=O) groups is 2. The summed E-state index contributed by atoms with van der Waals surface area (Å²) in [4.78, 5) is 28.7. The van der Waals surface area contributed by atoms with E-state index in [2.05, 4.69) is 59.4 Å². The molecule has 2 aromatic heterocycles. The number of hydrogen-bond donors (Lipinski definition) is 0. The first-order chi connectivity index (χ1) is 17.7. The third-order valence-corrected chi connectivity index (χ3v) is 8.99. The fraction of sp³-hybridized carbons (Fsp3) is 0.333. The lowest BCUT2D eigenvalue weighted by Crippen LogP contribution is -2.40. The number of fused-ring (bicyclic) bond motifs is 13. The largest absolute Gasteiger partial charge is 0.469 e. The second kappa shape index (κ2) is 6.53. The van der Waals surface area contributed by atoms with E-state index in [4.69, 9.17) is 9.47 Å². The van der Waals surface area contributed by atoms with Crippen molar-refractivity contribution in [3.05, 3.63) is 58.7 Å². The summed E-state index contributed by atoms with van der Waals surface area (Å²) in [5.41, 5.74) is 7.26. The van der Waals surface area contributed by atoms with Crippen molar-refractivity contribution in [2.45, 2.75) is 45.7 Å². The molecule has 7 nitrogen and oxygen atoms in total. The highest BCUT2D eigenvalue weighted by Gasteiger charge is 2.55. The standard InChI is InChI=1S/C30H27N3O4/c1-14-6-8-20-16(10-14)24-25-18(13-31(4)28(25)34)23-17-11-15(2)7-9-21(17)33-27(23)26(24)32(20)22-12-19(29(35)36-5)30(33,3)37-22/h6-11,19,22H,12-13H2,1-5H3. The minimum Gasteiger partial charge on any atom is -0.469 e. The number of rotatable bonds is 1. The van der Waals surface area contributed by atoms with E-state index >= 15 is 0 Å². The molecule has 37 heavy (non-hydrogen) atoms. The molecular formula is C30H27N3O4. The van der Waals surface area contributed by atoms with Gasteiger partial charge in [-0.15, -0.1) is 0 Å². The molecule has 5 aromatic rings. The van der Waals surface area contributed by atoms with E-state index < -0.39 is 11.6 Å². The average molecular weight is 494 g/mol. The number of nitrogens with zero attached hydrogens (tertiary/aromatic N) is 3. The number of aryl methyl sites for hydroxylation is 2. The van der Waals surface area contributed by atoms with Gasteiger partial charge in [-0.05, 0) is 50.6 Å². The minimum atomic E-state index is -0.946. The topological polar surface area (TPSA) is 65.7 Å². The van der Waals surface area contributed by atoms with Gasteiger partial charge in [0.25, 0.3) is 5.91 Å². The summed E-state index contributed by atoms with van der Waals surface area (Å²) in [6.07, 6.45) is 0.126. The van der Waals surface area contributed by atoms with E-state index in [9.17, 15) is 9.59 Å². The van der Waals surface area contributed by atoms with E-state index in [1.807, 2.05) is 18.9 Å². The number of amides is 1. The summed E-state index contributed by atoms with van der Waals surface area (Å²) in [6.45, 7) is 6.73. The third-order valence-electron chi connectivity index (χ3n) is 8.99. The summed E-state index contributed by atoms with van der Waals surface area (Å²) in [7, 11) is 3.32. The van der Waals surface area contributed by atoms with Crippen LogP contribution in [0.2, 0.25) is 0 Å². The molecule has 3 aromatic carbocycles. The maximum absolute atomic E-state index is 13.7. The monoisotopic (exact) mass is 493 g/mol. The zero-order valence-corrected chi connectivity index (χ0v) is 21.5. The number of benzene rings is 3. The molecule has 3 atom stereocenters. The van der Waals surface area contributed by atoms with Crippen molar-refractivity contribution < 1.29 is 19.1 Å². The molecule has 0 aliphatic carbocycles. The molecule has 2 bridgehead atoms. The third kappa shape index (κ3) is 2.28. The van der Waals surface area contributed by atoms with E-state index in [-0.39, 0.29) is 18.1 Å². The average Bonchev–Trinajstić information content (AvgIpc) is 3.55. The zero-order valence-electron chi connectivity index (χ0n) is 21.5. The van der Waals surface area contributed by atoms with Gasteiger partial charge in [0.2, 0.25) is 0 Å². The Balaban J connectivity index is 1.72. The second-order valence-corrected chi connectivity index (χ2v) is 11.1. The Bertz CT molecular complexity index is 1910. The van der Waals surface area contributed by atoms with E-state index in [0.29, 0.717) is 13.0 Å². The Morgan fingerprint density at radius 2 is 1.70 bits per heavy atom. The summed E-state index contributed by atoms with van der Waals surface area (Å²) >= 11 is 0. The van der Waals surface area contributed by atoms with Gasteiger partial charge in [0, 0.05) is 41.6 Å². The first kappa shape index (κ1) is 21.3. The van der Waals surface area contributed by atoms with Gasteiger partial charge < -0.3 is 23.5 Å². The Morgan fingerprint density at radius 1 is 1.03 bits per heavy atom. The van der Waals surface area contributed by atoms with Crippen LogP contribution < -0.4 is 0 Å². The Labute approximate surface area is 213 Å². The SMILES string of the molecule is COC(=O)C1CC2OC1(C)n1c3ccc(C)cc3c3c4c(c5c6cc(C)ccc6n2c5c31)C(=O)N(C)C4. The van der Waals surface area contributed by atoms with Crippen LogP contribution in [-0.4, -0.2) is 40.1 Å². The van der Waals surface area contributed by atoms with Crippen molar-refractivity contribution in [3.63, 3.8) is 0 Å². The number of aromatic nitrogens is 2. The Hall–Kier alpha value is -3.84. The summed E-state index contributed by atoms with van der Waals surface area (Å²) in [6, 6.07) is 12.8. The van der Waals surface area contributed by atoms with E-state index in [1.165, 1.54) is 7.11 Å². The zero-order chi connectivity index (χ0) is 25.5. The number of methoxy groups -OCH3 is 1. The van der Waals surface area contributed by atoms with Crippen molar-refractivity contribution in [1.29, 1.82) is 0 Å². The lowest BCUT2D eigenvalue weighted by atomic mass is 9.93. The number of ether oxygens (including phenoxy) is 2. The van der Waals surface area contributed by atoms with Gasteiger partial charge in [0.1, 0.15) is 12.1 Å². The Morgan fingerprint density at radius 3 is 2.41 bits per heavy atom. The van der Waals surface area contributed by atoms with E-state index in [1.54, 1.807) is 0 Å². The van der Waals surface area contributed by atoms with Gasteiger partial charge in [0.15, 0.2) is 5.72 Å². The molecule has 3 aliphatic rings. The fourth-order valence-electron chi connectivity index (χ4n) is 7.43. The van der Waals surface area contributed by atoms with Gasteiger partial charge in [-0.1, -0.05) is 23.3 Å². The molecule has 1 fully saturated rings. The van der Waals surface area contributed by atoms with Crippen LogP contribution in [0.3, 0.4) is 0 Å². The maximum Gasteiger partial charge on any atom is 0.313 e. The molecular weight excluding hydrogens is 466 g/mol. The molecule has 0 radical (unpaired) electrons. The van der Waals surface area contributed by atoms with Crippen molar-refractivity contribution in [1.82, 2.24) is 14.0 Å². The van der Waals surface area contributed by atoms with Gasteiger partial charge >= 0.3 is 5.97 Å². The van der Waals surface area contributed by atoms with Gasteiger partial charge in [0.05, 0.1) is 34.7 Å². The van der Waals surface area contributed by atoms with Crippen LogP contribution in [-0.2, 0) is 26.5 Å². The highest BCUT2D eigenvalue weighted by molar-refractivity contribution is 6.31. The highest BCUT2D eigenvalue weighted by Crippen LogP contribution is 2.56. The van der Waals surface area contributed by atoms with Crippen molar-refractivity contribution in [2.75, 3.05) is 14.2 Å². The smallest absolute Gasteiger partial charge is 0.313 e. The first-order valence-electron chi connectivity index (χ1n) is 12.8. The predicted molar refractivity (Wildman–Crippen MR) is 142 cm³/mol. The van der Waals surface area contributed by atoms with Gasteiger partial charge in [-0.25, -0.2) is 0 Å². The van der Waals surface area contributed by atoms with Crippen LogP contribution in [0.5, 0.6) is 0 Å². The summed E-state index contributed by atoms with van der Waals surface area (Å²) in [5.74, 6) is -0.693. The molecule has 1 amide bonds. The molecule has 3 unspecified atom stereocenters. The van der Waals surface area contributed by atoms with Crippen molar-refractivity contribution in [3.8, 4) is 0 Å². The Kier molecular flexibility index (Phi) is 3.75. The molecule has 0 spiro atoms. The molecule has 1 saturated heterocycles. The van der Waals surface area contributed by atoms with Crippen LogP contribution in [0, 0.1) is 19.8 Å². The molecule has 8 rings (SSSR count). The minimum absolute atomic E-state index is 0.0555. The van der Waals surface area contributed by atoms with Crippen LogP contribution in [0.1, 0.15) is 46.6 Å². The summed E-state index contributed by atoms with van der Waals surface area (Å²) < 4.78 is 16.7. The molecule has 0 saturated carbocycles. The molecule has 0 N–H and O–H groups in total. The van der Waals surface area contributed by atoms with Gasteiger partial charge in [-0.2, -0.15) is 0 Å². The highest BCUT2D eigenvalue weighted by atomic mass is 16.6. The van der Waals surface area contributed by atoms with Crippen LogP contribution in [0.4, 0.5) is 0 Å².